The first-order chi connectivity index (χ1) is 12.1. The van der Waals surface area contributed by atoms with E-state index in [1.54, 1.807) is 4.90 Å². The number of hydrogen-bond donors (Lipinski definition) is 0. The number of benzene rings is 1. The maximum Gasteiger partial charge on any atom is 0.256 e. The highest BCUT2D eigenvalue weighted by Gasteiger charge is 2.30. The molecule has 0 radical (unpaired) electrons. The van der Waals surface area contributed by atoms with Gasteiger partial charge >= 0.3 is 0 Å². The van der Waals surface area contributed by atoms with Gasteiger partial charge < -0.3 is 14.2 Å². The van der Waals surface area contributed by atoms with Crippen molar-refractivity contribution < 1.29 is 14.1 Å². The van der Waals surface area contributed by atoms with Crippen LogP contribution in [0.4, 0.5) is 0 Å². The number of rotatable bonds is 6. The van der Waals surface area contributed by atoms with E-state index in [-0.39, 0.29) is 12.0 Å². The Bertz CT molecular complexity index is 685. The van der Waals surface area contributed by atoms with Crippen LogP contribution in [0.15, 0.2) is 34.9 Å². The fourth-order valence-corrected chi connectivity index (χ4v) is 3.37. The molecule has 1 unspecified atom stereocenters. The zero-order valence-electron chi connectivity index (χ0n) is 15.2. The molecular formula is C20H26N2O3. The van der Waals surface area contributed by atoms with E-state index >= 15 is 0 Å². The van der Waals surface area contributed by atoms with Gasteiger partial charge in [0, 0.05) is 12.6 Å². The molecule has 1 fully saturated rings. The van der Waals surface area contributed by atoms with E-state index in [9.17, 15) is 4.79 Å². The number of nitrogens with zero attached hydrogens (tertiary/aromatic N) is 2. The van der Waals surface area contributed by atoms with Crippen LogP contribution in [-0.4, -0.2) is 29.1 Å². The number of hydrogen-bond acceptors (Lipinski definition) is 4. The molecule has 0 saturated heterocycles. The highest BCUT2D eigenvalue weighted by molar-refractivity contribution is 5.82. The van der Waals surface area contributed by atoms with Crippen molar-refractivity contribution in [2.24, 2.45) is 0 Å². The summed E-state index contributed by atoms with van der Waals surface area (Å²) in [4.78, 5) is 14.8. The molecule has 1 saturated carbocycles. The van der Waals surface area contributed by atoms with Crippen LogP contribution >= 0.6 is 0 Å². The number of ether oxygens (including phenoxy) is 1. The van der Waals surface area contributed by atoms with E-state index in [1.165, 1.54) is 12.8 Å². The summed E-state index contributed by atoms with van der Waals surface area (Å²) >= 11 is 0. The van der Waals surface area contributed by atoms with Gasteiger partial charge in [-0.1, -0.05) is 48.3 Å². The number of aryl methyl sites for hydroxylation is 2. The third-order valence-electron chi connectivity index (χ3n) is 4.91. The molecule has 25 heavy (non-hydrogen) atoms. The van der Waals surface area contributed by atoms with E-state index in [4.69, 9.17) is 9.26 Å². The Morgan fingerprint density at radius 1 is 1.28 bits per heavy atom. The van der Waals surface area contributed by atoms with Crippen molar-refractivity contribution in [1.82, 2.24) is 10.1 Å². The number of likely N-dealkylation sites (N-methyl/N-ethyl adjacent to an activating group) is 1. The minimum absolute atomic E-state index is 0.0295. The maximum atomic E-state index is 13.1. The molecule has 1 aromatic heterocycles. The molecule has 3 rings (SSSR count). The van der Waals surface area contributed by atoms with Gasteiger partial charge in [-0.2, -0.15) is 0 Å². The van der Waals surface area contributed by atoms with Crippen LogP contribution in [0.3, 0.4) is 0 Å². The smallest absolute Gasteiger partial charge is 0.256 e. The predicted octanol–water partition coefficient (Wildman–Crippen LogP) is 3.95. The lowest BCUT2D eigenvalue weighted by Gasteiger charge is -2.26. The van der Waals surface area contributed by atoms with Gasteiger partial charge in [0.2, 0.25) is 0 Å². The second kappa shape index (κ2) is 7.83. The van der Waals surface area contributed by atoms with Gasteiger partial charge in [0.05, 0.1) is 18.3 Å². The van der Waals surface area contributed by atoms with Crippen molar-refractivity contribution in [2.45, 2.75) is 58.3 Å². The van der Waals surface area contributed by atoms with Gasteiger partial charge in [0.15, 0.2) is 6.10 Å². The Morgan fingerprint density at radius 2 is 1.96 bits per heavy atom. The summed E-state index contributed by atoms with van der Waals surface area (Å²) in [6.07, 6.45) is 4.02. The summed E-state index contributed by atoms with van der Waals surface area (Å²) in [6, 6.07) is 9.76. The fraction of sp³-hybridized carbons (Fsp3) is 0.500. The minimum Gasteiger partial charge on any atom is -0.361 e. The molecule has 1 amide bonds. The average molecular weight is 342 g/mol. The van der Waals surface area contributed by atoms with Gasteiger partial charge in [-0.15, -0.1) is 0 Å². The first-order valence-corrected chi connectivity index (χ1v) is 8.93. The molecule has 134 valence electrons. The molecule has 2 aromatic rings. The van der Waals surface area contributed by atoms with Crippen LogP contribution in [0.2, 0.25) is 0 Å². The summed E-state index contributed by atoms with van der Waals surface area (Å²) in [5.41, 5.74) is 2.69. The quantitative estimate of drug-likeness (QED) is 0.797. The lowest BCUT2D eigenvalue weighted by molar-refractivity contribution is -0.147. The predicted molar refractivity (Wildman–Crippen MR) is 95.0 cm³/mol. The highest BCUT2D eigenvalue weighted by Crippen LogP contribution is 2.29. The van der Waals surface area contributed by atoms with Crippen molar-refractivity contribution in [1.29, 1.82) is 0 Å². The molecule has 1 aliphatic carbocycles. The molecule has 0 N–H and O–H groups in total. The lowest BCUT2D eigenvalue weighted by Crippen LogP contribution is -2.34. The molecule has 1 atom stereocenters. The van der Waals surface area contributed by atoms with Crippen LogP contribution in [0.1, 0.15) is 54.4 Å². The molecule has 1 aliphatic rings. The largest absolute Gasteiger partial charge is 0.361 e. The van der Waals surface area contributed by atoms with E-state index < -0.39 is 6.10 Å². The number of amides is 1. The Labute approximate surface area is 148 Å². The zero-order valence-corrected chi connectivity index (χ0v) is 15.2. The van der Waals surface area contributed by atoms with E-state index in [0.717, 1.165) is 35.4 Å². The van der Waals surface area contributed by atoms with Crippen LogP contribution in [0.25, 0.3) is 0 Å². The second-order valence-corrected chi connectivity index (χ2v) is 6.83. The highest BCUT2D eigenvalue weighted by atomic mass is 16.5. The molecule has 0 aliphatic heterocycles. The number of carbonyl (C=O) groups excluding carboxylic acids is 1. The fourth-order valence-electron chi connectivity index (χ4n) is 3.37. The molecule has 1 heterocycles. The average Bonchev–Trinajstić information content (AvgIpc) is 3.25. The summed E-state index contributed by atoms with van der Waals surface area (Å²) in [5, 5.41) is 3.97. The van der Waals surface area contributed by atoms with Crippen LogP contribution < -0.4 is 0 Å². The molecule has 5 heteroatoms. The molecule has 1 aromatic carbocycles. The zero-order chi connectivity index (χ0) is 17.8. The molecule has 5 nitrogen and oxygen atoms in total. The first-order valence-electron chi connectivity index (χ1n) is 8.93. The third-order valence-corrected chi connectivity index (χ3v) is 4.91. The van der Waals surface area contributed by atoms with Crippen molar-refractivity contribution in [2.75, 3.05) is 7.05 Å². The van der Waals surface area contributed by atoms with Crippen molar-refractivity contribution in [3.8, 4) is 0 Å². The normalized spacial score (nSPS) is 16.1. The third kappa shape index (κ3) is 4.10. The van der Waals surface area contributed by atoms with Gasteiger partial charge in [-0.25, -0.2) is 0 Å². The number of carbonyl (C=O) groups is 1. The van der Waals surface area contributed by atoms with Crippen LogP contribution in [0, 0.1) is 13.8 Å². The van der Waals surface area contributed by atoms with Crippen molar-refractivity contribution in [3.63, 3.8) is 0 Å². The summed E-state index contributed by atoms with van der Waals surface area (Å²) in [6.45, 7) is 4.24. The van der Waals surface area contributed by atoms with Crippen LogP contribution in [-0.2, 0) is 16.1 Å². The Kier molecular flexibility index (Phi) is 5.53. The summed E-state index contributed by atoms with van der Waals surface area (Å²) < 4.78 is 11.4. The molecular weight excluding hydrogens is 316 g/mol. The summed E-state index contributed by atoms with van der Waals surface area (Å²) in [7, 11) is 1.81. The molecule has 0 bridgehead atoms. The van der Waals surface area contributed by atoms with Gasteiger partial charge in [-0.3, -0.25) is 4.79 Å². The van der Waals surface area contributed by atoms with Crippen LogP contribution in [0.5, 0.6) is 0 Å². The topological polar surface area (TPSA) is 55.6 Å². The van der Waals surface area contributed by atoms with Gasteiger partial charge in [-0.05, 0) is 32.3 Å². The Hall–Kier alpha value is -2.14. The standard InChI is InChI=1S/C20H26N2O3/c1-14-18(15(2)25-21-14)13-22(3)20(23)19(16-9-5-4-6-10-16)24-17-11-7-8-12-17/h4-6,9-10,17,19H,7-8,11-13H2,1-3H3. The minimum atomic E-state index is -0.560. The number of aromatic nitrogens is 1. The van der Waals surface area contributed by atoms with Crippen molar-refractivity contribution in [3.05, 3.63) is 52.9 Å². The van der Waals surface area contributed by atoms with Gasteiger partial charge in [0.25, 0.3) is 5.91 Å². The monoisotopic (exact) mass is 342 g/mol. The second-order valence-electron chi connectivity index (χ2n) is 6.83. The first kappa shape index (κ1) is 17.7. The molecule has 0 spiro atoms. The maximum absolute atomic E-state index is 13.1. The lowest BCUT2D eigenvalue weighted by atomic mass is 10.1. The Balaban J connectivity index is 1.78. The van der Waals surface area contributed by atoms with E-state index in [0.29, 0.717) is 6.54 Å². The van der Waals surface area contributed by atoms with E-state index in [2.05, 4.69) is 5.16 Å². The SMILES string of the molecule is Cc1noc(C)c1CN(C)C(=O)C(OC1CCCC1)c1ccccc1. The Morgan fingerprint density at radius 3 is 2.56 bits per heavy atom. The summed E-state index contributed by atoms with van der Waals surface area (Å²) in [5.74, 6) is 0.725. The van der Waals surface area contributed by atoms with Gasteiger partial charge in [0.1, 0.15) is 5.76 Å². The van der Waals surface area contributed by atoms with Crippen molar-refractivity contribution >= 4 is 5.91 Å². The van der Waals surface area contributed by atoms with E-state index in [1.807, 2.05) is 51.2 Å².